The minimum absolute atomic E-state index is 0.0814. The fourth-order valence-corrected chi connectivity index (χ4v) is 3.94. The lowest BCUT2D eigenvalue weighted by molar-refractivity contribution is 0.415. The number of hydrogen-bond acceptors (Lipinski definition) is 6. The van der Waals surface area contributed by atoms with Gasteiger partial charge >= 0.3 is 0 Å². The number of aromatic nitrogens is 2. The number of anilines is 1. The van der Waals surface area contributed by atoms with Crippen molar-refractivity contribution in [3.63, 3.8) is 0 Å². The molecule has 0 bridgehead atoms. The second kappa shape index (κ2) is 9.02. The van der Waals surface area contributed by atoms with Crippen LogP contribution < -0.4 is 20.9 Å². The first-order valence-electron chi connectivity index (χ1n) is 10.3. The van der Waals surface area contributed by atoms with Crippen molar-refractivity contribution < 1.29 is 4.74 Å². The van der Waals surface area contributed by atoms with Crippen LogP contribution in [0, 0.1) is 17.2 Å². The van der Waals surface area contributed by atoms with Crippen molar-refractivity contribution in [2.75, 3.05) is 32.1 Å². The van der Waals surface area contributed by atoms with E-state index in [-0.39, 0.29) is 5.56 Å². The Morgan fingerprint density at radius 3 is 2.65 bits per heavy atom. The lowest BCUT2D eigenvalue weighted by Gasteiger charge is -2.19. The molecule has 0 aliphatic carbocycles. The molecule has 1 aromatic carbocycles. The number of methoxy groups -OCH3 is 1. The largest absolute Gasteiger partial charge is 0.497 e. The fraction of sp³-hybridized carbons (Fsp3) is 0.292. The first-order valence-corrected chi connectivity index (χ1v) is 10.3. The molecule has 1 aliphatic heterocycles. The third-order valence-corrected chi connectivity index (χ3v) is 5.71. The Morgan fingerprint density at radius 1 is 1.26 bits per heavy atom. The first kappa shape index (κ1) is 20.6. The van der Waals surface area contributed by atoms with Crippen molar-refractivity contribution in [3.8, 4) is 34.2 Å². The molecule has 1 unspecified atom stereocenters. The molecule has 31 heavy (non-hydrogen) atoms. The predicted molar refractivity (Wildman–Crippen MR) is 121 cm³/mol. The number of rotatable bonds is 6. The zero-order chi connectivity index (χ0) is 21.8. The van der Waals surface area contributed by atoms with Gasteiger partial charge in [-0.25, -0.2) is 4.98 Å². The zero-order valence-electron chi connectivity index (χ0n) is 17.7. The van der Waals surface area contributed by atoms with Crippen LogP contribution in [0.4, 0.5) is 5.69 Å². The van der Waals surface area contributed by atoms with Gasteiger partial charge in [-0.3, -0.25) is 4.79 Å². The zero-order valence-corrected chi connectivity index (χ0v) is 17.7. The van der Waals surface area contributed by atoms with Gasteiger partial charge in [0.25, 0.3) is 5.56 Å². The fourth-order valence-electron chi connectivity index (χ4n) is 3.94. The third kappa shape index (κ3) is 4.30. The van der Waals surface area contributed by atoms with Crippen LogP contribution in [0.5, 0.6) is 5.75 Å². The van der Waals surface area contributed by atoms with Crippen LogP contribution in [0.15, 0.2) is 53.5 Å². The van der Waals surface area contributed by atoms with Crippen LogP contribution in [0.25, 0.3) is 22.4 Å². The number of hydrogen-bond donors (Lipinski definition) is 2. The summed E-state index contributed by atoms with van der Waals surface area (Å²) in [4.78, 5) is 17.4. The van der Waals surface area contributed by atoms with E-state index in [1.807, 2.05) is 42.5 Å². The van der Waals surface area contributed by atoms with E-state index >= 15 is 0 Å². The smallest absolute Gasteiger partial charge is 0.274 e. The van der Waals surface area contributed by atoms with Gasteiger partial charge in [-0.1, -0.05) is 0 Å². The van der Waals surface area contributed by atoms with Crippen molar-refractivity contribution in [3.05, 3.63) is 64.7 Å². The molecule has 0 radical (unpaired) electrons. The molecule has 3 aromatic rings. The van der Waals surface area contributed by atoms with Crippen molar-refractivity contribution >= 4 is 5.69 Å². The van der Waals surface area contributed by atoms with E-state index in [0.717, 1.165) is 54.2 Å². The molecule has 1 aliphatic rings. The molecular formula is C24H25N5O2. The van der Waals surface area contributed by atoms with Gasteiger partial charge in [-0.15, -0.1) is 0 Å². The number of benzene rings is 1. The van der Waals surface area contributed by atoms with Crippen LogP contribution in [0.3, 0.4) is 0 Å². The normalized spacial score (nSPS) is 15.5. The Hall–Kier alpha value is -3.63. The summed E-state index contributed by atoms with van der Waals surface area (Å²) in [5.74, 6) is 1.25. The average Bonchev–Trinajstić information content (AvgIpc) is 3.34. The Kier molecular flexibility index (Phi) is 6.01. The van der Waals surface area contributed by atoms with E-state index in [1.54, 1.807) is 31.0 Å². The van der Waals surface area contributed by atoms with Gasteiger partial charge in [0.1, 0.15) is 23.2 Å². The summed E-state index contributed by atoms with van der Waals surface area (Å²) in [6.45, 7) is 2.72. The highest BCUT2D eigenvalue weighted by molar-refractivity contribution is 5.83. The lowest BCUT2D eigenvalue weighted by Crippen LogP contribution is -2.26. The molecule has 0 spiro atoms. The van der Waals surface area contributed by atoms with E-state index in [0.29, 0.717) is 17.3 Å². The molecule has 158 valence electrons. The van der Waals surface area contributed by atoms with Gasteiger partial charge in [-0.05, 0) is 73.5 Å². The van der Waals surface area contributed by atoms with Gasteiger partial charge in [-0.2, -0.15) is 5.26 Å². The third-order valence-electron chi connectivity index (χ3n) is 5.71. The summed E-state index contributed by atoms with van der Waals surface area (Å²) in [5, 5.41) is 15.8. The molecule has 7 heteroatoms. The van der Waals surface area contributed by atoms with Crippen LogP contribution in [0.2, 0.25) is 0 Å². The molecule has 4 rings (SSSR count). The molecule has 2 N–H and O–H groups in total. The maximum Gasteiger partial charge on any atom is 0.274 e. The average molecular weight is 415 g/mol. The molecule has 1 atom stereocenters. The summed E-state index contributed by atoms with van der Waals surface area (Å²) in [5.41, 5.74) is 4.22. The Morgan fingerprint density at radius 2 is 2.03 bits per heavy atom. The van der Waals surface area contributed by atoms with Gasteiger partial charge in [0.15, 0.2) is 0 Å². The van der Waals surface area contributed by atoms with Crippen molar-refractivity contribution in [2.45, 2.75) is 6.42 Å². The van der Waals surface area contributed by atoms with Gasteiger partial charge in [0, 0.05) is 30.9 Å². The van der Waals surface area contributed by atoms with Gasteiger partial charge in [0.2, 0.25) is 0 Å². The minimum Gasteiger partial charge on any atom is -0.497 e. The number of nitrogens with one attached hydrogen (secondary N) is 2. The Balaban J connectivity index is 1.82. The van der Waals surface area contributed by atoms with Gasteiger partial charge in [0.05, 0.1) is 12.8 Å². The number of nitriles is 1. The SMILES string of the molecule is COc1ccc(-c2c(-c3ccc(C#N)nc3)cc(NCC3CCNC3)c(=O)n2C)cc1. The predicted octanol–water partition coefficient (Wildman–Crippen LogP) is 3.02. The number of nitrogens with zero attached hydrogens (tertiary/aromatic N) is 3. The van der Waals surface area contributed by atoms with Crippen LogP contribution in [0.1, 0.15) is 12.1 Å². The summed E-state index contributed by atoms with van der Waals surface area (Å²) < 4.78 is 6.95. The minimum atomic E-state index is -0.0814. The maximum absolute atomic E-state index is 13.2. The van der Waals surface area contributed by atoms with Crippen LogP contribution in [-0.2, 0) is 7.05 Å². The second-order valence-corrected chi connectivity index (χ2v) is 7.70. The topological polar surface area (TPSA) is 92.0 Å². The van der Waals surface area contributed by atoms with E-state index in [1.165, 1.54) is 0 Å². The number of pyridine rings is 2. The van der Waals surface area contributed by atoms with E-state index < -0.39 is 0 Å². The molecule has 0 saturated carbocycles. The summed E-state index contributed by atoms with van der Waals surface area (Å²) >= 11 is 0. The van der Waals surface area contributed by atoms with Crippen LogP contribution >= 0.6 is 0 Å². The molecule has 1 fully saturated rings. The maximum atomic E-state index is 13.2. The molecular weight excluding hydrogens is 390 g/mol. The van der Waals surface area contributed by atoms with E-state index in [2.05, 4.69) is 15.6 Å². The molecule has 1 saturated heterocycles. The highest BCUT2D eigenvalue weighted by Crippen LogP contribution is 2.33. The summed E-state index contributed by atoms with van der Waals surface area (Å²) in [7, 11) is 3.41. The van der Waals surface area contributed by atoms with E-state index in [4.69, 9.17) is 10.00 Å². The van der Waals surface area contributed by atoms with E-state index in [9.17, 15) is 4.79 Å². The molecule has 0 amide bonds. The number of ether oxygens (including phenoxy) is 1. The van der Waals surface area contributed by atoms with Crippen molar-refractivity contribution in [1.82, 2.24) is 14.9 Å². The van der Waals surface area contributed by atoms with Gasteiger partial charge < -0.3 is 19.9 Å². The highest BCUT2D eigenvalue weighted by Gasteiger charge is 2.19. The van der Waals surface area contributed by atoms with Crippen molar-refractivity contribution in [2.24, 2.45) is 13.0 Å². The lowest BCUT2D eigenvalue weighted by atomic mass is 9.99. The molecule has 2 aromatic heterocycles. The molecule has 3 heterocycles. The Bertz CT molecular complexity index is 1150. The highest BCUT2D eigenvalue weighted by atomic mass is 16.5. The first-order chi connectivity index (χ1) is 15.1. The monoisotopic (exact) mass is 415 g/mol. The Labute approximate surface area is 181 Å². The summed E-state index contributed by atoms with van der Waals surface area (Å²) in [6.07, 6.45) is 2.78. The quantitative estimate of drug-likeness (QED) is 0.643. The van der Waals surface area contributed by atoms with Crippen molar-refractivity contribution in [1.29, 1.82) is 5.26 Å². The second-order valence-electron chi connectivity index (χ2n) is 7.70. The standard InChI is InChI=1S/C24H25N5O2/c1-29-23(17-4-7-20(31-2)8-5-17)21(18-3-6-19(12-25)27-15-18)11-22(24(29)30)28-14-16-9-10-26-13-16/h3-8,11,15-16,26,28H,9-10,13-14H2,1-2H3. The summed E-state index contributed by atoms with van der Waals surface area (Å²) in [6, 6.07) is 15.1. The van der Waals surface area contributed by atoms with Crippen LogP contribution in [-0.4, -0.2) is 36.3 Å². The molecule has 7 nitrogen and oxygen atoms in total.